The lowest BCUT2D eigenvalue weighted by molar-refractivity contribution is -0.119. The standard InChI is InChI=1S/C12H25N3O2/c1-3-12(4-2)7-9(5-6-17-12)15-8-10(13)11(14)16/h9-10,15H,3-8,13H2,1-2H3,(H2,14,16). The largest absolute Gasteiger partial charge is 0.375 e. The van der Waals surface area contributed by atoms with Crippen LogP contribution in [-0.2, 0) is 9.53 Å². The second-order valence-corrected chi connectivity index (χ2v) is 4.85. The monoisotopic (exact) mass is 243 g/mol. The van der Waals surface area contributed by atoms with Crippen LogP contribution < -0.4 is 16.8 Å². The summed E-state index contributed by atoms with van der Waals surface area (Å²) in [5.41, 5.74) is 10.7. The number of amides is 1. The number of ether oxygens (including phenoxy) is 1. The Kier molecular flexibility index (Phi) is 5.36. The fraction of sp³-hybridized carbons (Fsp3) is 0.917. The van der Waals surface area contributed by atoms with Crippen molar-refractivity contribution >= 4 is 5.91 Å². The molecule has 5 nitrogen and oxygen atoms in total. The van der Waals surface area contributed by atoms with E-state index in [9.17, 15) is 4.79 Å². The number of carbonyl (C=O) groups excluding carboxylic acids is 1. The van der Waals surface area contributed by atoms with Gasteiger partial charge in [0, 0.05) is 19.2 Å². The summed E-state index contributed by atoms with van der Waals surface area (Å²) in [6.07, 6.45) is 3.98. The zero-order valence-electron chi connectivity index (χ0n) is 10.9. The van der Waals surface area contributed by atoms with Crippen molar-refractivity contribution < 1.29 is 9.53 Å². The molecule has 0 saturated carbocycles. The molecule has 1 amide bonds. The maximum Gasteiger partial charge on any atom is 0.235 e. The fourth-order valence-corrected chi connectivity index (χ4v) is 2.34. The fourth-order valence-electron chi connectivity index (χ4n) is 2.34. The van der Waals surface area contributed by atoms with Gasteiger partial charge >= 0.3 is 0 Å². The van der Waals surface area contributed by atoms with Gasteiger partial charge in [-0.25, -0.2) is 0 Å². The molecule has 1 fully saturated rings. The average Bonchev–Trinajstić information content (AvgIpc) is 2.35. The molecule has 1 aliphatic heterocycles. The van der Waals surface area contributed by atoms with Gasteiger partial charge in [-0.15, -0.1) is 0 Å². The van der Waals surface area contributed by atoms with E-state index in [0.717, 1.165) is 32.3 Å². The first-order chi connectivity index (χ1) is 8.03. The summed E-state index contributed by atoms with van der Waals surface area (Å²) >= 11 is 0. The van der Waals surface area contributed by atoms with E-state index in [-0.39, 0.29) is 5.60 Å². The molecule has 0 aromatic rings. The summed E-state index contributed by atoms with van der Waals surface area (Å²) in [7, 11) is 0. The van der Waals surface area contributed by atoms with Gasteiger partial charge < -0.3 is 21.5 Å². The lowest BCUT2D eigenvalue weighted by Crippen LogP contribution is -2.51. The van der Waals surface area contributed by atoms with E-state index >= 15 is 0 Å². The maximum absolute atomic E-state index is 10.8. The van der Waals surface area contributed by atoms with E-state index in [4.69, 9.17) is 16.2 Å². The molecule has 1 rings (SSSR count). The van der Waals surface area contributed by atoms with Crippen molar-refractivity contribution in [3.63, 3.8) is 0 Å². The molecular weight excluding hydrogens is 218 g/mol. The normalized spacial score (nSPS) is 25.5. The zero-order chi connectivity index (χ0) is 12.9. The van der Waals surface area contributed by atoms with Crippen LogP contribution in [-0.4, -0.2) is 36.7 Å². The topological polar surface area (TPSA) is 90.4 Å². The lowest BCUT2D eigenvalue weighted by atomic mass is 9.86. The summed E-state index contributed by atoms with van der Waals surface area (Å²) in [5, 5.41) is 3.32. The molecule has 1 heterocycles. The van der Waals surface area contributed by atoms with Gasteiger partial charge in [-0.2, -0.15) is 0 Å². The number of hydrogen-bond acceptors (Lipinski definition) is 4. The number of nitrogens with one attached hydrogen (secondary N) is 1. The smallest absolute Gasteiger partial charge is 0.235 e. The van der Waals surface area contributed by atoms with Crippen LogP contribution in [0, 0.1) is 0 Å². The first-order valence-corrected chi connectivity index (χ1v) is 6.45. The molecule has 5 N–H and O–H groups in total. The van der Waals surface area contributed by atoms with Gasteiger partial charge in [0.1, 0.15) is 0 Å². The van der Waals surface area contributed by atoms with Gasteiger partial charge in [0.05, 0.1) is 11.6 Å². The quantitative estimate of drug-likeness (QED) is 0.618. The van der Waals surface area contributed by atoms with Gasteiger partial charge in [-0.05, 0) is 25.7 Å². The molecule has 1 saturated heterocycles. The molecule has 0 spiro atoms. The molecule has 0 bridgehead atoms. The van der Waals surface area contributed by atoms with E-state index in [1.165, 1.54) is 0 Å². The van der Waals surface area contributed by atoms with Gasteiger partial charge in [0.25, 0.3) is 0 Å². The van der Waals surface area contributed by atoms with Crippen molar-refractivity contribution in [2.75, 3.05) is 13.2 Å². The molecule has 0 radical (unpaired) electrons. The van der Waals surface area contributed by atoms with Crippen LogP contribution >= 0.6 is 0 Å². The van der Waals surface area contributed by atoms with Gasteiger partial charge in [-0.3, -0.25) is 4.79 Å². The highest BCUT2D eigenvalue weighted by atomic mass is 16.5. The number of nitrogens with two attached hydrogens (primary N) is 2. The molecule has 0 aromatic heterocycles. The Bertz CT molecular complexity index is 254. The highest BCUT2D eigenvalue weighted by Crippen LogP contribution is 2.31. The Morgan fingerprint density at radius 3 is 2.71 bits per heavy atom. The number of carbonyl (C=O) groups is 1. The van der Waals surface area contributed by atoms with Crippen LogP contribution in [0.2, 0.25) is 0 Å². The molecule has 0 aliphatic carbocycles. The second kappa shape index (κ2) is 6.33. The summed E-state index contributed by atoms with van der Waals surface area (Å²) in [5.74, 6) is -0.457. The van der Waals surface area contributed by atoms with Crippen molar-refractivity contribution in [3.05, 3.63) is 0 Å². The molecule has 2 unspecified atom stereocenters. The van der Waals surface area contributed by atoms with Crippen molar-refractivity contribution in [1.29, 1.82) is 0 Å². The zero-order valence-corrected chi connectivity index (χ0v) is 10.9. The van der Waals surface area contributed by atoms with E-state index in [2.05, 4.69) is 19.2 Å². The Hall–Kier alpha value is -0.650. The third-order valence-corrected chi connectivity index (χ3v) is 3.77. The minimum atomic E-state index is -0.601. The highest BCUT2D eigenvalue weighted by Gasteiger charge is 2.34. The summed E-state index contributed by atoms with van der Waals surface area (Å²) < 4.78 is 5.89. The van der Waals surface area contributed by atoms with Crippen molar-refractivity contribution in [2.24, 2.45) is 11.5 Å². The summed E-state index contributed by atoms with van der Waals surface area (Å²) in [4.78, 5) is 10.8. The first-order valence-electron chi connectivity index (χ1n) is 6.45. The molecule has 5 heteroatoms. The number of hydrogen-bond donors (Lipinski definition) is 3. The number of rotatable bonds is 6. The van der Waals surface area contributed by atoms with Crippen molar-refractivity contribution in [3.8, 4) is 0 Å². The SMILES string of the molecule is CCC1(CC)CC(NCC(N)C(N)=O)CCO1. The third-order valence-electron chi connectivity index (χ3n) is 3.77. The first kappa shape index (κ1) is 14.4. The highest BCUT2D eigenvalue weighted by molar-refractivity contribution is 5.79. The van der Waals surface area contributed by atoms with Crippen LogP contribution in [0.1, 0.15) is 39.5 Å². The third kappa shape index (κ3) is 3.94. The predicted molar refractivity (Wildman–Crippen MR) is 67.5 cm³/mol. The van der Waals surface area contributed by atoms with Crippen LogP contribution in [0.4, 0.5) is 0 Å². The van der Waals surface area contributed by atoms with E-state index in [1.807, 2.05) is 0 Å². The molecule has 17 heavy (non-hydrogen) atoms. The van der Waals surface area contributed by atoms with Crippen molar-refractivity contribution in [2.45, 2.75) is 57.2 Å². The maximum atomic E-state index is 10.8. The van der Waals surface area contributed by atoms with Crippen molar-refractivity contribution in [1.82, 2.24) is 5.32 Å². The average molecular weight is 243 g/mol. The van der Waals surface area contributed by atoms with E-state index < -0.39 is 11.9 Å². The minimum Gasteiger partial charge on any atom is -0.375 e. The van der Waals surface area contributed by atoms with Gasteiger partial charge in [-0.1, -0.05) is 13.8 Å². The Morgan fingerprint density at radius 1 is 1.53 bits per heavy atom. The van der Waals surface area contributed by atoms with Gasteiger partial charge in [0.15, 0.2) is 0 Å². The lowest BCUT2D eigenvalue weighted by Gasteiger charge is -2.40. The molecule has 1 aliphatic rings. The predicted octanol–water partition coefficient (Wildman–Crippen LogP) is 0.126. The molecule has 0 aromatic carbocycles. The van der Waals surface area contributed by atoms with Crippen LogP contribution in [0.25, 0.3) is 0 Å². The Balaban J connectivity index is 2.42. The minimum absolute atomic E-state index is 0.00721. The van der Waals surface area contributed by atoms with Crippen LogP contribution in [0.5, 0.6) is 0 Å². The number of primary amides is 1. The van der Waals surface area contributed by atoms with E-state index in [0.29, 0.717) is 12.6 Å². The molecule has 100 valence electrons. The van der Waals surface area contributed by atoms with Gasteiger partial charge in [0.2, 0.25) is 5.91 Å². The van der Waals surface area contributed by atoms with Crippen LogP contribution in [0.3, 0.4) is 0 Å². The Morgan fingerprint density at radius 2 is 2.18 bits per heavy atom. The molecule has 2 atom stereocenters. The Labute approximate surface area is 103 Å². The van der Waals surface area contributed by atoms with E-state index in [1.54, 1.807) is 0 Å². The summed E-state index contributed by atoms with van der Waals surface area (Å²) in [6.45, 7) is 5.52. The second-order valence-electron chi connectivity index (χ2n) is 4.85. The van der Waals surface area contributed by atoms with Crippen LogP contribution in [0.15, 0.2) is 0 Å². The molecular formula is C12H25N3O2. The summed E-state index contributed by atoms with van der Waals surface area (Å²) in [6, 6.07) is -0.232.